The number of halogens is 2. The number of carbonyl (C=O) groups excluding carboxylic acids is 4. The second kappa shape index (κ2) is 11.1. The first kappa shape index (κ1) is 25.8. The van der Waals surface area contributed by atoms with Gasteiger partial charge in [0.25, 0.3) is 5.91 Å². The van der Waals surface area contributed by atoms with Gasteiger partial charge in [0.1, 0.15) is 6.54 Å². The number of H-pyrrole nitrogens is 1. The van der Waals surface area contributed by atoms with Gasteiger partial charge in [-0.25, -0.2) is 29.2 Å². The summed E-state index contributed by atoms with van der Waals surface area (Å²) < 4.78 is 4.44. The van der Waals surface area contributed by atoms with Gasteiger partial charge in [0.2, 0.25) is 5.95 Å². The number of hydrogen-bond donors (Lipinski definition) is 3. The molecule has 1 aliphatic heterocycles. The Morgan fingerprint density at radius 3 is 2.37 bits per heavy atom. The van der Waals surface area contributed by atoms with Crippen molar-refractivity contribution in [2.24, 2.45) is 0 Å². The van der Waals surface area contributed by atoms with Crippen molar-refractivity contribution >= 4 is 69.9 Å². The number of urea groups is 2. The van der Waals surface area contributed by atoms with Crippen LogP contribution in [0.2, 0.25) is 10.0 Å². The molecule has 1 aliphatic rings. The van der Waals surface area contributed by atoms with Crippen molar-refractivity contribution < 1.29 is 23.9 Å². The first-order valence-corrected chi connectivity index (χ1v) is 11.1. The largest absolute Gasteiger partial charge is 0.453 e. The Morgan fingerprint density at radius 1 is 1.11 bits per heavy atom. The number of imidazole rings is 1. The minimum atomic E-state index is -0.725. The maximum atomic E-state index is 12.2. The number of para-hydroxylation sites is 2. The Morgan fingerprint density at radius 2 is 1.77 bits per heavy atom. The molecule has 0 bridgehead atoms. The number of ether oxygens (including phenoxy) is 1. The number of benzene rings is 2. The molecule has 2 aromatic carbocycles. The average molecular weight is 521 g/mol. The van der Waals surface area contributed by atoms with Gasteiger partial charge >= 0.3 is 18.2 Å². The van der Waals surface area contributed by atoms with Crippen molar-refractivity contribution in [2.45, 2.75) is 19.9 Å². The zero-order valence-corrected chi connectivity index (χ0v) is 20.5. The SMILES string of the molecule is CC(C)NC(=O)N1CC(=O)N(c2cc(Cl)cc(Cl)c2)C1=O.COC(=O)Nc1nc2ccccc2[nH]1. The molecule has 35 heavy (non-hydrogen) atoms. The maximum absolute atomic E-state index is 12.2. The van der Waals surface area contributed by atoms with Gasteiger partial charge in [0.15, 0.2) is 0 Å². The molecular formula is C22H22Cl2N6O5. The van der Waals surface area contributed by atoms with E-state index in [1.165, 1.54) is 25.3 Å². The standard InChI is InChI=1S/C13H13Cl2N3O3.C9H9N3O2/c1-7(2)16-12(20)17-6-11(19)18(13(17)21)10-4-8(14)3-9(15)5-10;1-14-9(13)12-8-10-6-4-2-3-5-7(6)11-8/h3-5,7H,6H2,1-2H3,(H,16,20);2-5H,1H3,(H2,10,11,12,13). The summed E-state index contributed by atoms with van der Waals surface area (Å²) >= 11 is 11.7. The van der Waals surface area contributed by atoms with Crippen LogP contribution in [0.4, 0.5) is 26.0 Å². The Bertz CT molecular complexity index is 1220. The summed E-state index contributed by atoms with van der Waals surface area (Å²) in [6.45, 7) is 3.20. The summed E-state index contributed by atoms with van der Waals surface area (Å²) in [6.07, 6.45) is -0.538. The molecule has 184 valence electrons. The van der Waals surface area contributed by atoms with Gasteiger partial charge in [0.05, 0.1) is 23.8 Å². The first-order chi connectivity index (χ1) is 16.6. The number of anilines is 2. The molecule has 0 saturated carbocycles. The average Bonchev–Trinajstić information content (AvgIpc) is 3.32. The van der Waals surface area contributed by atoms with Crippen LogP contribution in [-0.4, -0.2) is 58.6 Å². The summed E-state index contributed by atoms with van der Waals surface area (Å²) in [4.78, 5) is 55.8. The molecule has 0 unspecified atom stereocenters. The Hall–Kier alpha value is -3.83. The molecule has 6 amide bonds. The third-order valence-corrected chi connectivity index (χ3v) is 4.96. The van der Waals surface area contributed by atoms with Crippen LogP contribution in [0.3, 0.4) is 0 Å². The molecule has 4 rings (SSSR count). The maximum Gasteiger partial charge on any atom is 0.413 e. The van der Waals surface area contributed by atoms with E-state index in [1.807, 2.05) is 24.3 Å². The number of nitrogens with zero attached hydrogens (tertiary/aromatic N) is 3. The van der Waals surface area contributed by atoms with Gasteiger partial charge in [-0.2, -0.15) is 0 Å². The van der Waals surface area contributed by atoms with E-state index >= 15 is 0 Å². The van der Waals surface area contributed by atoms with E-state index in [1.54, 1.807) is 13.8 Å². The highest BCUT2D eigenvalue weighted by molar-refractivity contribution is 6.35. The Balaban J connectivity index is 0.000000211. The second-order valence-electron chi connectivity index (χ2n) is 7.55. The smallest absolute Gasteiger partial charge is 0.413 e. The molecule has 1 aromatic heterocycles. The van der Waals surface area contributed by atoms with Crippen molar-refractivity contribution in [1.29, 1.82) is 0 Å². The lowest BCUT2D eigenvalue weighted by atomic mass is 10.3. The fraction of sp³-hybridized carbons (Fsp3) is 0.227. The highest BCUT2D eigenvalue weighted by atomic mass is 35.5. The molecule has 0 atom stereocenters. The number of aromatic amines is 1. The molecule has 0 spiro atoms. The van der Waals surface area contributed by atoms with Crippen molar-refractivity contribution in [3.63, 3.8) is 0 Å². The molecule has 0 aliphatic carbocycles. The fourth-order valence-corrected chi connectivity index (χ4v) is 3.58. The third kappa shape index (κ3) is 6.40. The van der Waals surface area contributed by atoms with E-state index in [9.17, 15) is 19.2 Å². The van der Waals surface area contributed by atoms with E-state index in [2.05, 4.69) is 25.3 Å². The molecule has 1 fully saturated rings. The van der Waals surface area contributed by atoms with Gasteiger partial charge in [-0.15, -0.1) is 0 Å². The van der Waals surface area contributed by atoms with Gasteiger partial charge in [-0.3, -0.25) is 10.1 Å². The number of aromatic nitrogens is 2. The number of fused-ring (bicyclic) bond motifs is 1. The lowest BCUT2D eigenvalue weighted by Crippen LogP contribution is -2.45. The summed E-state index contributed by atoms with van der Waals surface area (Å²) in [5.74, 6) is -0.129. The van der Waals surface area contributed by atoms with Crippen LogP contribution in [0.15, 0.2) is 42.5 Å². The third-order valence-electron chi connectivity index (χ3n) is 4.52. The Labute approximate surface area is 210 Å². The van der Waals surface area contributed by atoms with Crippen molar-refractivity contribution in [3.8, 4) is 0 Å². The van der Waals surface area contributed by atoms with Crippen LogP contribution in [-0.2, 0) is 9.53 Å². The highest BCUT2D eigenvalue weighted by Gasteiger charge is 2.41. The molecular weight excluding hydrogens is 499 g/mol. The molecule has 3 N–H and O–H groups in total. The van der Waals surface area contributed by atoms with E-state index in [-0.39, 0.29) is 18.3 Å². The lowest BCUT2D eigenvalue weighted by molar-refractivity contribution is -0.116. The number of nitrogens with one attached hydrogen (secondary N) is 3. The van der Waals surface area contributed by atoms with E-state index in [0.29, 0.717) is 16.0 Å². The zero-order valence-electron chi connectivity index (χ0n) is 19.0. The van der Waals surface area contributed by atoms with Gasteiger partial charge in [-0.1, -0.05) is 35.3 Å². The molecule has 11 nitrogen and oxygen atoms in total. The topological polar surface area (TPSA) is 137 Å². The fourth-order valence-electron chi connectivity index (χ4n) is 3.07. The number of hydrogen-bond acceptors (Lipinski definition) is 6. The lowest BCUT2D eigenvalue weighted by Gasteiger charge is -2.18. The highest BCUT2D eigenvalue weighted by Crippen LogP contribution is 2.28. The predicted molar refractivity (Wildman–Crippen MR) is 132 cm³/mol. The molecule has 1 saturated heterocycles. The number of imide groups is 2. The van der Waals surface area contributed by atoms with Gasteiger partial charge < -0.3 is 15.0 Å². The van der Waals surface area contributed by atoms with Gasteiger partial charge in [-0.05, 0) is 44.2 Å². The van der Waals surface area contributed by atoms with Crippen LogP contribution < -0.4 is 15.5 Å². The zero-order chi connectivity index (χ0) is 25.7. The van der Waals surface area contributed by atoms with Gasteiger partial charge in [0, 0.05) is 16.1 Å². The second-order valence-corrected chi connectivity index (χ2v) is 8.42. The van der Waals surface area contributed by atoms with E-state index < -0.39 is 24.1 Å². The minimum absolute atomic E-state index is 0.143. The van der Waals surface area contributed by atoms with E-state index in [0.717, 1.165) is 20.8 Å². The van der Waals surface area contributed by atoms with Crippen LogP contribution in [0.5, 0.6) is 0 Å². The summed E-state index contributed by atoms with van der Waals surface area (Å²) in [5.41, 5.74) is 1.92. The minimum Gasteiger partial charge on any atom is -0.453 e. The quantitative estimate of drug-likeness (QED) is 0.430. The molecule has 13 heteroatoms. The van der Waals surface area contributed by atoms with E-state index in [4.69, 9.17) is 23.2 Å². The summed E-state index contributed by atoms with van der Waals surface area (Å²) in [7, 11) is 1.30. The number of amides is 6. The number of methoxy groups -OCH3 is 1. The first-order valence-electron chi connectivity index (χ1n) is 10.3. The normalized spacial score (nSPS) is 13.1. The Kier molecular flexibility index (Phi) is 8.15. The van der Waals surface area contributed by atoms with Crippen LogP contribution in [0, 0.1) is 0 Å². The van der Waals surface area contributed by atoms with Crippen molar-refractivity contribution in [1.82, 2.24) is 20.2 Å². The number of carbonyl (C=O) groups is 4. The van der Waals surface area contributed by atoms with Crippen molar-refractivity contribution in [2.75, 3.05) is 23.9 Å². The molecule has 3 aromatic rings. The van der Waals surface area contributed by atoms with Crippen LogP contribution in [0.1, 0.15) is 13.8 Å². The summed E-state index contributed by atoms with van der Waals surface area (Å²) in [6, 6.07) is 10.4. The predicted octanol–water partition coefficient (Wildman–Crippen LogP) is 4.62. The molecule has 2 heterocycles. The van der Waals surface area contributed by atoms with Crippen LogP contribution >= 0.6 is 23.2 Å². The summed E-state index contributed by atoms with van der Waals surface area (Å²) in [5, 5.41) is 5.61. The van der Waals surface area contributed by atoms with Crippen molar-refractivity contribution in [3.05, 3.63) is 52.5 Å². The monoisotopic (exact) mass is 520 g/mol. The number of rotatable bonds is 3. The molecule has 0 radical (unpaired) electrons. The van der Waals surface area contributed by atoms with Crippen LogP contribution in [0.25, 0.3) is 11.0 Å².